The first-order valence-corrected chi connectivity index (χ1v) is 10.6. The summed E-state index contributed by atoms with van der Waals surface area (Å²) in [6.45, 7) is 4.66. The average molecular weight is 328 g/mol. The zero-order chi connectivity index (χ0) is 15.2. The Kier molecular flexibility index (Phi) is 4.22. The highest BCUT2D eigenvalue weighted by Crippen LogP contribution is 2.41. The van der Waals surface area contributed by atoms with Crippen molar-refractivity contribution in [3.63, 3.8) is 0 Å². The number of rotatable bonds is 4. The molecule has 0 unspecified atom stereocenters. The predicted molar refractivity (Wildman–Crippen MR) is 85.1 cm³/mol. The van der Waals surface area contributed by atoms with Gasteiger partial charge in [0.1, 0.15) is 0 Å². The van der Waals surface area contributed by atoms with E-state index >= 15 is 0 Å². The second kappa shape index (κ2) is 6.04. The van der Waals surface area contributed by atoms with E-state index in [9.17, 15) is 8.42 Å². The zero-order valence-corrected chi connectivity index (χ0v) is 14.1. The van der Waals surface area contributed by atoms with E-state index in [4.69, 9.17) is 4.74 Å². The fourth-order valence-electron chi connectivity index (χ4n) is 5.02. The molecule has 0 aliphatic carbocycles. The lowest BCUT2D eigenvalue weighted by molar-refractivity contribution is 0.108. The molecule has 0 amide bonds. The van der Waals surface area contributed by atoms with E-state index in [-0.39, 0.29) is 11.9 Å². The molecule has 126 valence electrons. The van der Waals surface area contributed by atoms with Crippen LogP contribution in [0.4, 0.5) is 0 Å². The molecule has 4 aliphatic rings. The van der Waals surface area contributed by atoms with Crippen LogP contribution in [-0.4, -0.2) is 68.3 Å². The van der Waals surface area contributed by atoms with Crippen molar-refractivity contribution in [2.75, 3.05) is 38.5 Å². The lowest BCUT2D eigenvalue weighted by atomic mass is 9.90. The van der Waals surface area contributed by atoms with Crippen LogP contribution in [0.25, 0.3) is 0 Å². The molecule has 0 aromatic carbocycles. The summed E-state index contributed by atoms with van der Waals surface area (Å²) in [5.41, 5.74) is 0. The first-order valence-electron chi connectivity index (χ1n) is 8.97. The third kappa shape index (κ3) is 2.83. The molecule has 22 heavy (non-hydrogen) atoms. The van der Waals surface area contributed by atoms with Gasteiger partial charge in [0, 0.05) is 32.3 Å². The summed E-state index contributed by atoms with van der Waals surface area (Å²) in [4.78, 5) is 2.62. The van der Waals surface area contributed by atoms with Crippen LogP contribution in [0.3, 0.4) is 0 Å². The lowest BCUT2D eigenvalue weighted by Gasteiger charge is -2.33. The fraction of sp³-hybridized carbons (Fsp3) is 1.00. The highest BCUT2D eigenvalue weighted by molar-refractivity contribution is 7.89. The van der Waals surface area contributed by atoms with Gasteiger partial charge in [-0.05, 0) is 50.5 Å². The molecule has 4 aliphatic heterocycles. The highest BCUT2D eigenvalue weighted by atomic mass is 32.2. The molecular weight excluding hydrogens is 300 g/mol. The number of ether oxygens (including phenoxy) is 1. The van der Waals surface area contributed by atoms with Crippen LogP contribution in [0, 0.1) is 11.8 Å². The summed E-state index contributed by atoms with van der Waals surface area (Å²) >= 11 is 0. The van der Waals surface area contributed by atoms with Crippen LogP contribution in [-0.2, 0) is 14.8 Å². The molecular formula is C16H28N2O3S. The second-order valence-electron chi connectivity index (χ2n) is 7.54. The monoisotopic (exact) mass is 328 g/mol. The van der Waals surface area contributed by atoms with E-state index < -0.39 is 10.0 Å². The number of piperidine rings is 1. The Labute approximate surface area is 134 Å². The minimum Gasteiger partial charge on any atom is -0.378 e. The Morgan fingerprint density at radius 1 is 1.05 bits per heavy atom. The normalized spacial score (nSPS) is 40.0. The minimum absolute atomic E-state index is 0.172. The summed E-state index contributed by atoms with van der Waals surface area (Å²) < 4.78 is 32.6. The lowest BCUT2D eigenvalue weighted by Crippen LogP contribution is -2.41. The summed E-state index contributed by atoms with van der Waals surface area (Å²) in [6, 6.07) is 0.650. The van der Waals surface area contributed by atoms with Crippen LogP contribution >= 0.6 is 0 Å². The molecule has 4 rings (SSSR count). The third-order valence-electron chi connectivity index (χ3n) is 6.20. The molecule has 4 saturated heterocycles. The molecule has 0 aromatic heterocycles. The van der Waals surface area contributed by atoms with E-state index in [2.05, 4.69) is 4.90 Å². The van der Waals surface area contributed by atoms with Crippen molar-refractivity contribution in [3.05, 3.63) is 0 Å². The van der Waals surface area contributed by atoms with Gasteiger partial charge in [-0.1, -0.05) is 6.42 Å². The van der Waals surface area contributed by atoms with Crippen molar-refractivity contribution in [2.45, 2.75) is 50.7 Å². The number of fused-ring (bicyclic) bond motifs is 3. The van der Waals surface area contributed by atoms with Crippen molar-refractivity contribution in [1.29, 1.82) is 0 Å². The number of sulfonamides is 1. The SMILES string of the molecule is O=S(=O)(CC[C@@H]1CCCO1)N1C[C@@H]2CN3CCCC[C@H]3[C@H]2C1. The molecule has 0 N–H and O–H groups in total. The van der Waals surface area contributed by atoms with Crippen molar-refractivity contribution in [2.24, 2.45) is 11.8 Å². The molecule has 4 atom stereocenters. The van der Waals surface area contributed by atoms with E-state index in [0.29, 0.717) is 24.3 Å². The van der Waals surface area contributed by atoms with Gasteiger partial charge in [-0.2, -0.15) is 0 Å². The van der Waals surface area contributed by atoms with Crippen molar-refractivity contribution < 1.29 is 13.2 Å². The molecule has 6 heteroatoms. The Bertz CT molecular complexity index is 504. The summed E-state index contributed by atoms with van der Waals surface area (Å²) in [6.07, 6.45) is 6.85. The number of hydrogen-bond acceptors (Lipinski definition) is 4. The van der Waals surface area contributed by atoms with Gasteiger partial charge in [-0.15, -0.1) is 0 Å². The maximum absolute atomic E-state index is 12.6. The number of nitrogens with zero attached hydrogens (tertiary/aromatic N) is 2. The summed E-state index contributed by atoms with van der Waals surface area (Å²) in [7, 11) is -3.09. The Morgan fingerprint density at radius 2 is 1.95 bits per heavy atom. The second-order valence-corrected chi connectivity index (χ2v) is 9.63. The van der Waals surface area contributed by atoms with E-state index in [1.165, 1.54) is 25.8 Å². The van der Waals surface area contributed by atoms with Gasteiger partial charge in [-0.25, -0.2) is 12.7 Å². The molecule has 0 aromatic rings. The maximum atomic E-state index is 12.6. The summed E-state index contributed by atoms with van der Waals surface area (Å²) in [5.74, 6) is 1.42. The number of hydrogen-bond donors (Lipinski definition) is 0. The van der Waals surface area contributed by atoms with Crippen molar-refractivity contribution in [1.82, 2.24) is 9.21 Å². The van der Waals surface area contributed by atoms with Crippen molar-refractivity contribution in [3.8, 4) is 0 Å². The largest absolute Gasteiger partial charge is 0.378 e. The molecule has 4 heterocycles. The van der Waals surface area contributed by atoms with Crippen LogP contribution in [0.15, 0.2) is 0 Å². The Hall–Kier alpha value is -0.170. The van der Waals surface area contributed by atoms with Gasteiger partial charge in [0.15, 0.2) is 0 Å². The molecule has 0 spiro atoms. The zero-order valence-electron chi connectivity index (χ0n) is 13.3. The minimum atomic E-state index is -3.09. The molecule has 5 nitrogen and oxygen atoms in total. The quantitative estimate of drug-likeness (QED) is 0.781. The molecule has 0 saturated carbocycles. The van der Waals surface area contributed by atoms with Gasteiger partial charge < -0.3 is 4.74 Å². The van der Waals surface area contributed by atoms with Gasteiger partial charge in [-0.3, -0.25) is 4.90 Å². The first kappa shape index (κ1) is 15.4. The van der Waals surface area contributed by atoms with Crippen LogP contribution in [0.5, 0.6) is 0 Å². The standard InChI is InChI=1S/C16H28N2O3S/c19-22(20,9-6-14-4-3-8-21-14)18-11-13-10-17-7-2-1-5-16(17)15(13)12-18/h13-16H,1-12H2/t13-,14-,15-,16-/m0/s1. The van der Waals surface area contributed by atoms with Crippen LogP contribution in [0.2, 0.25) is 0 Å². The predicted octanol–water partition coefficient (Wildman–Crippen LogP) is 1.30. The van der Waals surface area contributed by atoms with Gasteiger partial charge in [0.2, 0.25) is 10.0 Å². The molecule has 0 bridgehead atoms. The van der Waals surface area contributed by atoms with E-state index in [0.717, 1.165) is 39.1 Å². The maximum Gasteiger partial charge on any atom is 0.214 e. The fourth-order valence-corrected chi connectivity index (χ4v) is 6.66. The van der Waals surface area contributed by atoms with E-state index in [1.807, 2.05) is 0 Å². The summed E-state index contributed by atoms with van der Waals surface area (Å²) in [5, 5.41) is 0. The Morgan fingerprint density at radius 3 is 2.77 bits per heavy atom. The Balaban J connectivity index is 1.36. The highest BCUT2D eigenvalue weighted by Gasteiger charge is 2.49. The molecule has 4 fully saturated rings. The average Bonchev–Trinajstić information content (AvgIpc) is 3.21. The van der Waals surface area contributed by atoms with Crippen LogP contribution in [0.1, 0.15) is 38.5 Å². The topological polar surface area (TPSA) is 49.9 Å². The van der Waals surface area contributed by atoms with Crippen LogP contribution < -0.4 is 0 Å². The van der Waals surface area contributed by atoms with E-state index in [1.54, 1.807) is 4.31 Å². The van der Waals surface area contributed by atoms with Gasteiger partial charge in [0.05, 0.1) is 11.9 Å². The first-order chi connectivity index (χ1) is 10.6. The van der Waals surface area contributed by atoms with Gasteiger partial charge >= 0.3 is 0 Å². The van der Waals surface area contributed by atoms with Gasteiger partial charge in [0.25, 0.3) is 0 Å². The third-order valence-corrected chi connectivity index (χ3v) is 8.04. The smallest absolute Gasteiger partial charge is 0.214 e. The molecule has 0 radical (unpaired) electrons. The van der Waals surface area contributed by atoms with Crippen molar-refractivity contribution >= 4 is 10.0 Å².